The third kappa shape index (κ3) is 7.04. The first-order valence-electron chi connectivity index (χ1n) is 20.0. The molecule has 4 aromatic carbocycles. The average Bonchev–Trinajstić information content (AvgIpc) is 3.53. The van der Waals surface area contributed by atoms with Crippen LogP contribution in [0, 0.1) is 5.92 Å². The summed E-state index contributed by atoms with van der Waals surface area (Å²) in [6.45, 7) is 7.61. The van der Waals surface area contributed by atoms with Crippen molar-refractivity contribution in [1.82, 2.24) is 9.80 Å². The molecule has 0 radical (unpaired) electrons. The highest BCUT2D eigenvalue weighted by atomic mass is 16.3. The largest absolute Gasteiger partial charge is 0.508 e. The molecule has 10 nitrogen and oxygen atoms in total. The van der Waals surface area contributed by atoms with Gasteiger partial charge in [0.2, 0.25) is 0 Å². The predicted molar refractivity (Wildman–Crippen MR) is 212 cm³/mol. The Hall–Kier alpha value is -5.35. The number of nitrogens with one attached hydrogen (secondary N) is 1. The summed E-state index contributed by atoms with van der Waals surface area (Å²) >= 11 is 0. The number of amides is 2. The Morgan fingerprint density at radius 2 is 1.33 bits per heavy atom. The van der Waals surface area contributed by atoms with E-state index in [0.29, 0.717) is 42.5 Å². The highest BCUT2D eigenvalue weighted by molar-refractivity contribution is 6.01. The lowest BCUT2D eigenvalue weighted by Crippen LogP contribution is -2.82. The molecule has 55 heavy (non-hydrogen) atoms. The fraction of sp³-hybridized carbons (Fsp3) is 0.400. The van der Waals surface area contributed by atoms with Crippen molar-refractivity contribution in [3.05, 3.63) is 118 Å². The first-order valence-corrected chi connectivity index (χ1v) is 20.0. The lowest BCUT2D eigenvalue weighted by Gasteiger charge is -2.40. The van der Waals surface area contributed by atoms with E-state index in [2.05, 4.69) is 74.3 Å². The van der Waals surface area contributed by atoms with Crippen LogP contribution in [-0.2, 0) is 17.8 Å². The Kier molecular flexibility index (Phi) is 9.46. The number of aliphatic hydroxyl groups excluding tert-OH is 1. The summed E-state index contributed by atoms with van der Waals surface area (Å²) in [7, 11) is 0. The number of carbonyl (C=O) groups is 2. The molecule has 9 rings (SSSR count). The monoisotopic (exact) mass is 740 g/mol. The van der Waals surface area contributed by atoms with Crippen LogP contribution in [0.3, 0.4) is 0 Å². The van der Waals surface area contributed by atoms with Gasteiger partial charge in [-0.3, -0.25) is 9.69 Å². The standard InChI is InChI=1S/C45H49N5O5/c51-36-9-3-30(4-10-36)38-12-5-32-26-37(52)11-14-39(32)43(38)31-1-6-34(7-2-31)48-19-17-29(18-20-48)27-47-21-23-49(24-22-47)35-8-13-40-33(25-35)28-50(45(40)55)41-15-16-42(53)46-44(41)54/h1-4,6-11,13-14,25-26,29,38,41,43,51-52H,5,12,15-24,27-28H2,(H,46,53,54)/p+1/t38-,41?,43+/m1/s1. The van der Waals surface area contributed by atoms with E-state index in [0.717, 1.165) is 69.9 Å². The van der Waals surface area contributed by atoms with E-state index in [1.165, 1.54) is 40.8 Å². The van der Waals surface area contributed by atoms with Gasteiger partial charge in [-0.25, -0.2) is 4.79 Å². The van der Waals surface area contributed by atoms with Crippen LogP contribution in [0.2, 0.25) is 0 Å². The molecule has 4 N–H and O–H groups in total. The third-order valence-corrected chi connectivity index (χ3v) is 12.9. The second kappa shape index (κ2) is 14.7. The molecule has 0 aromatic heterocycles. The number of piperazine rings is 1. The van der Waals surface area contributed by atoms with E-state index < -0.39 is 6.04 Å². The number of benzene rings is 4. The molecule has 0 saturated carbocycles. The van der Waals surface area contributed by atoms with Gasteiger partial charge in [0.25, 0.3) is 5.91 Å². The molecular weight excluding hydrogens is 691 g/mol. The van der Waals surface area contributed by atoms with E-state index in [-0.39, 0.29) is 29.4 Å². The second-order valence-electron chi connectivity index (χ2n) is 16.2. The van der Waals surface area contributed by atoms with Crippen molar-refractivity contribution in [3.8, 4) is 11.5 Å². The number of piperidine rings is 1. The SMILES string of the molecule is O=C1CCC(N2Cc3cc(N4CCN(CC5CCN(c6ccc([C@@H]7c8ccc(O)cc8CC[C@@H]7c7ccc(O)cc7)cc6)CC5)CC4)ccc3C2=O)C(O)=[NH+]1. The molecule has 284 valence electrons. The molecule has 10 heteroatoms. The Morgan fingerprint density at radius 3 is 2.07 bits per heavy atom. The number of phenols is 2. The van der Waals surface area contributed by atoms with Crippen molar-refractivity contribution in [2.75, 3.05) is 55.6 Å². The van der Waals surface area contributed by atoms with E-state index in [9.17, 15) is 24.9 Å². The zero-order chi connectivity index (χ0) is 37.6. The number of aryl methyl sites for hydroxylation is 1. The topological polar surface area (TPSA) is 122 Å². The summed E-state index contributed by atoms with van der Waals surface area (Å²) in [6, 6.07) is 28.3. The normalized spacial score (nSPS) is 23.5. The Labute approximate surface area is 322 Å². The second-order valence-corrected chi connectivity index (χ2v) is 16.2. The maximum absolute atomic E-state index is 13.2. The van der Waals surface area contributed by atoms with E-state index >= 15 is 0 Å². The highest BCUT2D eigenvalue weighted by Crippen LogP contribution is 2.47. The minimum Gasteiger partial charge on any atom is -0.508 e. The van der Waals surface area contributed by atoms with Gasteiger partial charge in [0.1, 0.15) is 11.5 Å². The van der Waals surface area contributed by atoms with Gasteiger partial charge in [-0.05, 0) is 126 Å². The number of phenolic OH excluding ortho intramolecular Hbond substituents is 2. The Bertz CT molecular complexity index is 2100. The minimum atomic E-state index is -0.481. The zero-order valence-electron chi connectivity index (χ0n) is 31.2. The average molecular weight is 741 g/mol. The van der Waals surface area contributed by atoms with Crippen molar-refractivity contribution >= 4 is 29.1 Å². The molecule has 4 aliphatic heterocycles. The van der Waals surface area contributed by atoms with Crippen LogP contribution < -0.4 is 14.8 Å². The lowest BCUT2D eigenvalue weighted by molar-refractivity contribution is -0.394. The van der Waals surface area contributed by atoms with Gasteiger partial charge in [0.15, 0.2) is 6.04 Å². The first-order chi connectivity index (χ1) is 26.8. The van der Waals surface area contributed by atoms with Crippen LogP contribution in [0.4, 0.5) is 11.4 Å². The van der Waals surface area contributed by atoms with Crippen molar-refractivity contribution < 1.29 is 29.9 Å². The summed E-state index contributed by atoms with van der Waals surface area (Å²) in [5.74, 6) is 1.33. The van der Waals surface area contributed by atoms with Gasteiger partial charge < -0.3 is 30.0 Å². The predicted octanol–water partition coefficient (Wildman–Crippen LogP) is 4.68. The van der Waals surface area contributed by atoms with Crippen molar-refractivity contribution in [3.63, 3.8) is 0 Å². The van der Waals surface area contributed by atoms with Crippen molar-refractivity contribution in [2.45, 2.75) is 62.9 Å². The lowest BCUT2D eigenvalue weighted by atomic mass is 9.69. The summed E-state index contributed by atoms with van der Waals surface area (Å²) in [5, 5.41) is 30.5. The molecule has 2 saturated heterocycles. The van der Waals surface area contributed by atoms with Gasteiger partial charge in [-0.15, -0.1) is 4.99 Å². The molecule has 2 amide bonds. The number of nitrogens with zero attached hydrogens (tertiary/aromatic N) is 4. The van der Waals surface area contributed by atoms with Gasteiger partial charge >= 0.3 is 11.8 Å². The number of hydrogen-bond acceptors (Lipinski definition) is 7. The number of rotatable bonds is 7. The quantitative estimate of drug-likeness (QED) is 0.216. The molecule has 2 fully saturated rings. The maximum atomic E-state index is 13.2. The van der Waals surface area contributed by atoms with Crippen molar-refractivity contribution in [1.29, 1.82) is 0 Å². The summed E-state index contributed by atoms with van der Waals surface area (Å²) < 4.78 is 0. The van der Waals surface area contributed by atoms with Crippen LogP contribution in [0.25, 0.3) is 0 Å². The molecule has 0 spiro atoms. The molecule has 5 aliphatic rings. The Morgan fingerprint density at radius 1 is 0.636 bits per heavy atom. The van der Waals surface area contributed by atoms with E-state index in [4.69, 9.17) is 0 Å². The maximum Gasteiger partial charge on any atom is 0.388 e. The number of carbonyl (C=O) groups excluding carboxylic acids is 2. The van der Waals surface area contributed by atoms with Gasteiger partial charge in [0.05, 0.1) is 6.42 Å². The molecule has 4 heterocycles. The molecule has 1 unspecified atom stereocenters. The Balaban J connectivity index is 0.785. The molecular formula is C45H50N5O5+. The minimum absolute atomic E-state index is 0.0876. The molecule has 4 aromatic rings. The van der Waals surface area contributed by atoms with Crippen molar-refractivity contribution in [2.24, 2.45) is 5.92 Å². The summed E-state index contributed by atoms with van der Waals surface area (Å²) in [5.41, 5.74) is 9.10. The first kappa shape index (κ1) is 35.4. The van der Waals surface area contributed by atoms with Gasteiger partial charge in [-0.1, -0.05) is 30.3 Å². The molecule has 1 aliphatic carbocycles. The van der Waals surface area contributed by atoms with Crippen LogP contribution in [0.5, 0.6) is 11.5 Å². The van der Waals surface area contributed by atoms with Crippen LogP contribution >= 0.6 is 0 Å². The van der Waals surface area contributed by atoms with Crippen LogP contribution in [-0.4, -0.2) is 94.7 Å². The number of aliphatic hydroxyl groups is 1. The smallest absolute Gasteiger partial charge is 0.388 e. The number of hydrogen-bond donors (Lipinski definition) is 4. The molecule has 0 bridgehead atoms. The van der Waals surface area contributed by atoms with E-state index in [1.807, 2.05) is 18.2 Å². The summed E-state index contributed by atoms with van der Waals surface area (Å²) in [4.78, 5) is 36.6. The van der Waals surface area contributed by atoms with Crippen LogP contribution in [0.1, 0.15) is 82.1 Å². The van der Waals surface area contributed by atoms with Gasteiger partial charge in [0, 0.05) is 75.2 Å². The van der Waals surface area contributed by atoms with Gasteiger partial charge in [-0.2, -0.15) is 0 Å². The third-order valence-electron chi connectivity index (χ3n) is 12.9. The number of anilines is 2. The molecule has 3 atom stereocenters. The highest BCUT2D eigenvalue weighted by Gasteiger charge is 2.41. The zero-order valence-corrected chi connectivity index (χ0v) is 31.2. The fourth-order valence-electron chi connectivity index (χ4n) is 9.89. The number of aromatic hydroxyl groups is 2. The number of fused-ring (bicyclic) bond motifs is 2. The van der Waals surface area contributed by atoms with Crippen LogP contribution in [0.15, 0.2) is 84.9 Å². The van der Waals surface area contributed by atoms with E-state index in [1.54, 1.807) is 17.0 Å². The summed E-state index contributed by atoms with van der Waals surface area (Å²) in [6.07, 6.45) is 5.00. The fourth-order valence-corrected chi connectivity index (χ4v) is 9.89.